The molecule has 4 aliphatic carbocycles. The van der Waals surface area contributed by atoms with Crippen molar-refractivity contribution in [2.45, 2.75) is 19.8 Å². The third-order valence-electron chi connectivity index (χ3n) is 8.89. The Labute approximate surface area is 220 Å². The number of esters is 1. The van der Waals surface area contributed by atoms with Crippen molar-refractivity contribution in [3.05, 3.63) is 60.7 Å². The summed E-state index contributed by atoms with van der Waals surface area (Å²) in [5.41, 5.74) is 1.21. The zero-order valence-electron chi connectivity index (χ0n) is 21.0. The van der Waals surface area contributed by atoms with Gasteiger partial charge in [-0.25, -0.2) is 0 Å². The van der Waals surface area contributed by atoms with Crippen LogP contribution in [0.25, 0.3) is 0 Å². The molecule has 194 valence electrons. The maximum Gasteiger partial charge on any atom is 0.316 e. The van der Waals surface area contributed by atoms with Crippen molar-refractivity contribution in [3.63, 3.8) is 0 Å². The lowest BCUT2D eigenvalue weighted by atomic mass is 9.63. The molecule has 3 amide bonds. The Morgan fingerprint density at radius 3 is 2.03 bits per heavy atom. The molecule has 2 bridgehead atoms. The molecule has 38 heavy (non-hydrogen) atoms. The molecule has 8 heteroatoms. The summed E-state index contributed by atoms with van der Waals surface area (Å²) in [4.78, 5) is 55.0. The van der Waals surface area contributed by atoms with Crippen molar-refractivity contribution >= 4 is 35.1 Å². The summed E-state index contributed by atoms with van der Waals surface area (Å²) in [6.45, 7) is 2.70. The van der Waals surface area contributed by atoms with Crippen LogP contribution < -0.4 is 19.3 Å². The van der Waals surface area contributed by atoms with Crippen LogP contribution in [0.2, 0.25) is 0 Å². The molecule has 4 fully saturated rings. The number of amides is 3. The summed E-state index contributed by atoms with van der Waals surface area (Å²) in [6, 6.07) is 13.7. The van der Waals surface area contributed by atoms with Gasteiger partial charge >= 0.3 is 5.97 Å². The second-order valence-corrected chi connectivity index (χ2v) is 10.9. The SMILES string of the molecule is CCOc1ccc(N2C[C@H](C(=O)Oc3ccc(N4C(=O)[C@@H]5[C@@H]6C=C[C@H]([C@H]7C[C@@H]67)[C@@H]5C4=O)cc3)CC2=O)cc1. The van der Waals surface area contributed by atoms with E-state index < -0.39 is 11.9 Å². The molecule has 2 saturated heterocycles. The van der Waals surface area contributed by atoms with E-state index in [1.165, 1.54) is 4.90 Å². The van der Waals surface area contributed by atoms with Crippen LogP contribution in [0.1, 0.15) is 19.8 Å². The first-order chi connectivity index (χ1) is 18.4. The quantitative estimate of drug-likeness (QED) is 0.254. The van der Waals surface area contributed by atoms with Gasteiger partial charge in [0.15, 0.2) is 0 Å². The number of carbonyl (C=O) groups is 4. The number of hydrogen-bond donors (Lipinski definition) is 0. The lowest BCUT2D eigenvalue weighted by Gasteiger charge is -2.37. The number of rotatable bonds is 6. The van der Waals surface area contributed by atoms with Gasteiger partial charge in [-0.05, 0) is 85.5 Å². The molecule has 2 heterocycles. The van der Waals surface area contributed by atoms with Crippen LogP contribution in [0.3, 0.4) is 0 Å². The van der Waals surface area contributed by atoms with Gasteiger partial charge in [0.25, 0.3) is 0 Å². The van der Waals surface area contributed by atoms with Crippen molar-refractivity contribution in [3.8, 4) is 11.5 Å². The van der Waals surface area contributed by atoms with Gasteiger partial charge in [-0.2, -0.15) is 0 Å². The van der Waals surface area contributed by atoms with E-state index in [0.29, 0.717) is 35.6 Å². The maximum absolute atomic E-state index is 13.3. The summed E-state index contributed by atoms with van der Waals surface area (Å²) in [5, 5.41) is 0. The van der Waals surface area contributed by atoms with Crippen LogP contribution in [0, 0.1) is 41.4 Å². The minimum atomic E-state index is -0.590. The molecule has 8 rings (SSSR count). The van der Waals surface area contributed by atoms with E-state index in [1.54, 1.807) is 53.4 Å². The summed E-state index contributed by atoms with van der Waals surface area (Å²) in [7, 11) is 0. The van der Waals surface area contributed by atoms with Gasteiger partial charge < -0.3 is 14.4 Å². The molecule has 0 radical (unpaired) electrons. The number of allylic oxidation sites excluding steroid dienone is 2. The monoisotopic (exact) mass is 512 g/mol. The fraction of sp³-hybridized carbons (Fsp3) is 0.400. The van der Waals surface area contributed by atoms with Crippen molar-refractivity contribution < 1.29 is 28.7 Å². The number of carbonyl (C=O) groups excluding carboxylic acids is 4. The summed E-state index contributed by atoms with van der Waals surface area (Å²) >= 11 is 0. The highest BCUT2D eigenvalue weighted by molar-refractivity contribution is 6.22. The summed E-state index contributed by atoms with van der Waals surface area (Å²) in [5.74, 6) is 0.532. The van der Waals surface area contributed by atoms with Gasteiger partial charge in [0.1, 0.15) is 11.5 Å². The molecular weight excluding hydrogens is 484 g/mol. The summed E-state index contributed by atoms with van der Waals surface area (Å²) in [6.07, 6.45) is 5.51. The number of benzene rings is 2. The summed E-state index contributed by atoms with van der Waals surface area (Å²) < 4.78 is 11.0. The lowest BCUT2D eigenvalue weighted by molar-refractivity contribution is -0.139. The van der Waals surface area contributed by atoms with E-state index in [4.69, 9.17) is 9.47 Å². The molecule has 2 aliphatic heterocycles. The fourth-order valence-corrected chi connectivity index (χ4v) is 7.08. The second-order valence-electron chi connectivity index (χ2n) is 10.9. The Morgan fingerprint density at radius 1 is 0.842 bits per heavy atom. The van der Waals surface area contributed by atoms with E-state index in [-0.39, 0.29) is 54.4 Å². The zero-order valence-corrected chi connectivity index (χ0v) is 21.0. The Balaban J connectivity index is 1.01. The highest BCUT2D eigenvalue weighted by Gasteiger charge is 2.67. The van der Waals surface area contributed by atoms with E-state index in [1.807, 2.05) is 6.92 Å². The third kappa shape index (κ3) is 3.50. The lowest BCUT2D eigenvalue weighted by Crippen LogP contribution is -2.40. The number of imide groups is 1. The predicted molar refractivity (Wildman–Crippen MR) is 137 cm³/mol. The van der Waals surface area contributed by atoms with Gasteiger partial charge in [-0.15, -0.1) is 0 Å². The van der Waals surface area contributed by atoms with E-state index >= 15 is 0 Å². The van der Waals surface area contributed by atoms with E-state index in [9.17, 15) is 19.2 Å². The van der Waals surface area contributed by atoms with Gasteiger partial charge in [0.05, 0.1) is 30.0 Å². The molecule has 0 spiro atoms. The van der Waals surface area contributed by atoms with E-state index in [0.717, 1.165) is 12.2 Å². The van der Waals surface area contributed by atoms with Gasteiger partial charge in [0, 0.05) is 18.7 Å². The molecule has 8 nitrogen and oxygen atoms in total. The zero-order chi connectivity index (χ0) is 26.1. The van der Waals surface area contributed by atoms with Crippen molar-refractivity contribution in [1.82, 2.24) is 0 Å². The van der Waals surface area contributed by atoms with Crippen LogP contribution in [-0.4, -0.2) is 36.8 Å². The van der Waals surface area contributed by atoms with Crippen LogP contribution >= 0.6 is 0 Å². The first kappa shape index (κ1) is 23.2. The number of hydrogen-bond acceptors (Lipinski definition) is 6. The van der Waals surface area contributed by atoms with Crippen LogP contribution in [-0.2, 0) is 19.2 Å². The normalized spacial score (nSPS) is 32.4. The fourth-order valence-electron chi connectivity index (χ4n) is 7.08. The van der Waals surface area contributed by atoms with Crippen molar-refractivity contribution in [2.75, 3.05) is 23.0 Å². The largest absolute Gasteiger partial charge is 0.494 e. The number of nitrogens with zero attached hydrogens (tertiary/aromatic N) is 2. The van der Waals surface area contributed by atoms with Crippen molar-refractivity contribution in [2.24, 2.45) is 41.4 Å². The Kier molecular flexibility index (Phi) is 5.22. The van der Waals surface area contributed by atoms with Crippen LogP contribution in [0.15, 0.2) is 60.7 Å². The molecule has 0 N–H and O–H groups in total. The first-order valence-corrected chi connectivity index (χ1v) is 13.4. The Bertz CT molecular complexity index is 1330. The molecule has 0 unspecified atom stereocenters. The Hall–Kier alpha value is -3.94. The second kappa shape index (κ2) is 8.55. The minimum absolute atomic E-state index is 0.0715. The molecule has 2 aromatic rings. The topological polar surface area (TPSA) is 93.2 Å². The van der Waals surface area contributed by atoms with Gasteiger partial charge in [-0.1, -0.05) is 12.2 Å². The molecule has 2 aromatic carbocycles. The Morgan fingerprint density at radius 2 is 1.42 bits per heavy atom. The minimum Gasteiger partial charge on any atom is -0.494 e. The van der Waals surface area contributed by atoms with Gasteiger partial charge in [0.2, 0.25) is 17.7 Å². The smallest absolute Gasteiger partial charge is 0.316 e. The maximum atomic E-state index is 13.3. The molecule has 0 aromatic heterocycles. The molecule has 6 aliphatic rings. The first-order valence-electron chi connectivity index (χ1n) is 13.4. The molecule has 7 atom stereocenters. The van der Waals surface area contributed by atoms with E-state index in [2.05, 4.69) is 12.2 Å². The predicted octanol–water partition coefficient (Wildman–Crippen LogP) is 3.60. The molecule has 2 saturated carbocycles. The average molecular weight is 513 g/mol. The van der Waals surface area contributed by atoms with Gasteiger partial charge in [-0.3, -0.25) is 24.1 Å². The standard InChI is InChI=1S/C30H28N2O6/c1-2-37-19-7-3-17(4-8-19)31-15-16(13-25(31)33)30(36)38-20-9-5-18(6-10-20)32-28(34)26-21-11-12-22(24-14-23(21)24)27(26)29(32)35/h3-12,16,21-24,26-27H,2,13-15H2,1H3/t16-,21-,22-,23-,24+,26+,27-/m1/s1. The van der Waals surface area contributed by atoms with Crippen LogP contribution in [0.5, 0.6) is 11.5 Å². The van der Waals surface area contributed by atoms with Crippen molar-refractivity contribution in [1.29, 1.82) is 0 Å². The average Bonchev–Trinajstić information content (AvgIpc) is 3.60. The molecular formula is C30H28N2O6. The third-order valence-corrected chi connectivity index (χ3v) is 8.89. The number of ether oxygens (including phenoxy) is 2. The highest BCUT2D eigenvalue weighted by atomic mass is 16.5. The highest BCUT2D eigenvalue weighted by Crippen LogP contribution is 2.65. The van der Waals surface area contributed by atoms with Crippen LogP contribution in [0.4, 0.5) is 11.4 Å². The number of anilines is 2.